The summed E-state index contributed by atoms with van der Waals surface area (Å²) in [6, 6.07) is 15.4. The lowest BCUT2D eigenvalue weighted by atomic mass is 10.1. The number of carbonyl (C=O) groups is 2. The molecular formula is C23H18FN3O3. The maximum absolute atomic E-state index is 13.0. The highest BCUT2D eigenvalue weighted by Gasteiger charge is 2.14. The number of nitrogens with one attached hydrogen (secondary N) is 1. The van der Waals surface area contributed by atoms with Crippen LogP contribution in [-0.4, -0.2) is 21.6 Å². The molecule has 0 aliphatic rings. The summed E-state index contributed by atoms with van der Waals surface area (Å²) in [6.07, 6.45) is 1.49. The van der Waals surface area contributed by atoms with Crippen molar-refractivity contribution in [3.8, 4) is 11.8 Å². The molecule has 30 heavy (non-hydrogen) atoms. The molecule has 3 rings (SSSR count). The Morgan fingerprint density at radius 2 is 1.73 bits per heavy atom. The molecule has 0 aliphatic heterocycles. The van der Waals surface area contributed by atoms with E-state index in [1.807, 2.05) is 30.6 Å². The number of carboxylic acid groups (broad SMARTS) is 1. The van der Waals surface area contributed by atoms with Gasteiger partial charge in [-0.1, -0.05) is 0 Å². The molecule has 0 fully saturated rings. The zero-order valence-electron chi connectivity index (χ0n) is 16.3. The number of hydrogen-bond acceptors (Lipinski definition) is 3. The molecule has 3 aromatic rings. The van der Waals surface area contributed by atoms with Crippen LogP contribution in [0.15, 0.2) is 60.2 Å². The normalized spacial score (nSPS) is 11.1. The number of carbonyl (C=O) groups excluding carboxylic acids is 1. The molecule has 2 N–H and O–H groups in total. The molecule has 1 amide bonds. The molecule has 0 spiro atoms. The van der Waals surface area contributed by atoms with Gasteiger partial charge in [-0.2, -0.15) is 5.26 Å². The fourth-order valence-electron chi connectivity index (χ4n) is 3.12. The Hall–Kier alpha value is -4.18. The summed E-state index contributed by atoms with van der Waals surface area (Å²) >= 11 is 0. The van der Waals surface area contributed by atoms with Crippen LogP contribution in [0.1, 0.15) is 27.3 Å². The van der Waals surface area contributed by atoms with Crippen molar-refractivity contribution in [2.45, 2.75) is 13.8 Å². The SMILES string of the molecule is Cc1cc(/C=C(\C#N)C(=O)Nc2ccc(F)cc2)c(C)n1-c1ccc(C(=O)O)cc1. The van der Waals surface area contributed by atoms with E-state index in [0.717, 1.165) is 17.1 Å². The predicted octanol–water partition coefficient (Wildman–Crippen LogP) is 4.48. The molecule has 1 aromatic heterocycles. The first kappa shape index (κ1) is 20.6. The molecule has 0 aliphatic carbocycles. The highest BCUT2D eigenvalue weighted by molar-refractivity contribution is 6.09. The number of rotatable bonds is 5. The van der Waals surface area contributed by atoms with Crippen molar-refractivity contribution < 1.29 is 19.1 Å². The van der Waals surface area contributed by atoms with Crippen LogP contribution in [0.3, 0.4) is 0 Å². The van der Waals surface area contributed by atoms with Crippen LogP contribution in [0.2, 0.25) is 0 Å². The second-order valence-electron chi connectivity index (χ2n) is 6.64. The van der Waals surface area contributed by atoms with Crippen LogP contribution < -0.4 is 5.32 Å². The number of halogens is 1. The third-order valence-electron chi connectivity index (χ3n) is 4.61. The van der Waals surface area contributed by atoms with Crippen molar-refractivity contribution in [3.63, 3.8) is 0 Å². The largest absolute Gasteiger partial charge is 0.478 e. The topological polar surface area (TPSA) is 95.1 Å². The number of anilines is 1. The second kappa shape index (κ2) is 8.45. The van der Waals surface area contributed by atoms with Gasteiger partial charge in [0.05, 0.1) is 5.56 Å². The Kier molecular flexibility index (Phi) is 5.79. The van der Waals surface area contributed by atoms with Crippen LogP contribution in [0, 0.1) is 31.0 Å². The minimum Gasteiger partial charge on any atom is -0.478 e. The Morgan fingerprint density at radius 3 is 2.30 bits per heavy atom. The van der Waals surface area contributed by atoms with E-state index < -0.39 is 17.7 Å². The van der Waals surface area contributed by atoms with Crippen LogP contribution in [0.5, 0.6) is 0 Å². The number of aryl methyl sites for hydroxylation is 1. The highest BCUT2D eigenvalue weighted by atomic mass is 19.1. The fraction of sp³-hybridized carbons (Fsp3) is 0.0870. The summed E-state index contributed by atoms with van der Waals surface area (Å²) in [7, 11) is 0. The summed E-state index contributed by atoms with van der Waals surface area (Å²) < 4.78 is 14.9. The van der Waals surface area contributed by atoms with Crippen molar-refractivity contribution in [2.24, 2.45) is 0 Å². The number of aromatic nitrogens is 1. The molecule has 0 radical (unpaired) electrons. The van der Waals surface area contributed by atoms with Gasteiger partial charge in [0.2, 0.25) is 0 Å². The molecule has 0 bridgehead atoms. The number of aromatic carboxylic acids is 1. The molecule has 150 valence electrons. The number of nitrogens with zero attached hydrogens (tertiary/aromatic N) is 2. The van der Waals surface area contributed by atoms with Crippen LogP contribution in [-0.2, 0) is 4.79 Å². The van der Waals surface area contributed by atoms with Gasteiger partial charge in [-0.3, -0.25) is 4.79 Å². The summed E-state index contributed by atoms with van der Waals surface area (Å²) in [6.45, 7) is 3.72. The fourth-order valence-corrected chi connectivity index (χ4v) is 3.12. The Labute approximate surface area is 172 Å². The van der Waals surface area contributed by atoms with Crippen molar-refractivity contribution in [1.29, 1.82) is 5.26 Å². The smallest absolute Gasteiger partial charge is 0.335 e. The average Bonchev–Trinajstić information content (AvgIpc) is 3.00. The lowest BCUT2D eigenvalue weighted by Gasteiger charge is -2.10. The van der Waals surface area contributed by atoms with Gasteiger partial charge in [-0.15, -0.1) is 0 Å². The maximum atomic E-state index is 13.0. The van der Waals surface area contributed by atoms with E-state index in [0.29, 0.717) is 11.3 Å². The minimum absolute atomic E-state index is 0.0965. The molecule has 0 unspecified atom stereocenters. The van der Waals surface area contributed by atoms with Crippen molar-refractivity contribution in [3.05, 3.63) is 88.5 Å². The van der Waals surface area contributed by atoms with Crippen LogP contribution in [0.25, 0.3) is 11.8 Å². The molecule has 0 saturated carbocycles. The first-order valence-corrected chi connectivity index (χ1v) is 9.01. The monoisotopic (exact) mass is 403 g/mol. The van der Waals surface area contributed by atoms with Gasteiger partial charge in [0, 0.05) is 22.8 Å². The van der Waals surface area contributed by atoms with Gasteiger partial charge in [0.25, 0.3) is 5.91 Å². The van der Waals surface area contributed by atoms with Gasteiger partial charge in [-0.25, -0.2) is 9.18 Å². The highest BCUT2D eigenvalue weighted by Crippen LogP contribution is 2.23. The lowest BCUT2D eigenvalue weighted by molar-refractivity contribution is -0.112. The number of hydrogen-bond donors (Lipinski definition) is 2. The summed E-state index contributed by atoms with van der Waals surface area (Å²) in [5, 5.41) is 21.1. The van der Waals surface area contributed by atoms with E-state index in [2.05, 4.69) is 5.32 Å². The zero-order chi connectivity index (χ0) is 21.8. The average molecular weight is 403 g/mol. The number of amides is 1. The van der Waals surface area contributed by atoms with Crippen LogP contribution in [0.4, 0.5) is 10.1 Å². The van der Waals surface area contributed by atoms with Crippen molar-refractivity contribution in [2.75, 3.05) is 5.32 Å². The van der Waals surface area contributed by atoms with E-state index >= 15 is 0 Å². The predicted molar refractivity (Wildman–Crippen MR) is 111 cm³/mol. The summed E-state index contributed by atoms with van der Waals surface area (Å²) in [4.78, 5) is 23.5. The third-order valence-corrected chi connectivity index (χ3v) is 4.61. The van der Waals surface area contributed by atoms with Gasteiger partial charge in [0.1, 0.15) is 17.5 Å². The number of carboxylic acids is 1. The molecule has 7 heteroatoms. The second-order valence-corrected chi connectivity index (χ2v) is 6.64. The van der Waals surface area contributed by atoms with Gasteiger partial charge in [0.15, 0.2) is 0 Å². The summed E-state index contributed by atoms with van der Waals surface area (Å²) in [5.74, 6) is -2.02. The zero-order valence-corrected chi connectivity index (χ0v) is 16.3. The Balaban J connectivity index is 1.91. The van der Waals surface area contributed by atoms with E-state index in [9.17, 15) is 19.2 Å². The van der Waals surface area contributed by atoms with Crippen LogP contribution >= 0.6 is 0 Å². The van der Waals surface area contributed by atoms with Crippen molar-refractivity contribution >= 4 is 23.6 Å². The Bertz CT molecular complexity index is 1180. The Morgan fingerprint density at radius 1 is 1.10 bits per heavy atom. The molecule has 6 nitrogen and oxygen atoms in total. The standard InChI is InChI=1S/C23H18FN3O3/c1-14-11-17(15(2)27(14)21-9-3-16(4-10-21)23(29)30)12-18(13-25)22(28)26-20-7-5-19(24)6-8-20/h3-12H,1-2H3,(H,26,28)(H,29,30)/b18-12+. The molecule has 0 atom stereocenters. The molecule has 1 heterocycles. The lowest BCUT2D eigenvalue weighted by Crippen LogP contribution is -2.13. The molecule has 0 saturated heterocycles. The first-order valence-electron chi connectivity index (χ1n) is 9.01. The quantitative estimate of drug-likeness (QED) is 0.485. The van der Waals surface area contributed by atoms with Gasteiger partial charge >= 0.3 is 5.97 Å². The third kappa shape index (κ3) is 4.28. The maximum Gasteiger partial charge on any atom is 0.335 e. The van der Waals surface area contributed by atoms with Crippen molar-refractivity contribution in [1.82, 2.24) is 4.57 Å². The van der Waals surface area contributed by atoms with E-state index in [1.165, 1.54) is 42.5 Å². The summed E-state index contributed by atoms with van der Waals surface area (Å²) in [5.41, 5.74) is 3.57. The molecule has 2 aromatic carbocycles. The van der Waals surface area contributed by atoms with E-state index in [-0.39, 0.29) is 11.1 Å². The van der Waals surface area contributed by atoms with E-state index in [4.69, 9.17) is 5.11 Å². The number of benzene rings is 2. The minimum atomic E-state index is -1.00. The molecular weight excluding hydrogens is 385 g/mol. The first-order chi connectivity index (χ1) is 14.3. The van der Waals surface area contributed by atoms with E-state index in [1.54, 1.807) is 12.1 Å². The van der Waals surface area contributed by atoms with Gasteiger partial charge in [-0.05, 0) is 80.1 Å². The van der Waals surface area contributed by atoms with Gasteiger partial charge < -0.3 is 15.0 Å². The number of nitriles is 1.